The predicted octanol–water partition coefficient (Wildman–Crippen LogP) is 5.05. The van der Waals surface area contributed by atoms with Crippen LogP contribution in [0.4, 0.5) is 0 Å². The average molecular weight is 456 g/mol. The lowest BCUT2D eigenvalue weighted by molar-refractivity contribution is 0.559. The SMILES string of the molecule is CCn1c(Cc2ccccc2)nnc1SCc1cc(=O)oc2cc(Br)ccc12. The zero-order chi connectivity index (χ0) is 19.5. The van der Waals surface area contributed by atoms with Crippen molar-refractivity contribution in [3.63, 3.8) is 0 Å². The van der Waals surface area contributed by atoms with Gasteiger partial charge in [-0.2, -0.15) is 0 Å². The number of hydrogen-bond donors (Lipinski definition) is 0. The fourth-order valence-electron chi connectivity index (χ4n) is 3.12. The van der Waals surface area contributed by atoms with Crippen LogP contribution in [0.25, 0.3) is 11.0 Å². The molecule has 5 nitrogen and oxygen atoms in total. The normalized spacial score (nSPS) is 11.2. The molecule has 0 saturated carbocycles. The van der Waals surface area contributed by atoms with Crippen LogP contribution in [0.5, 0.6) is 0 Å². The molecule has 0 unspecified atom stereocenters. The highest BCUT2D eigenvalue weighted by atomic mass is 79.9. The molecule has 0 aliphatic carbocycles. The number of fused-ring (bicyclic) bond motifs is 1. The molecule has 0 atom stereocenters. The Balaban J connectivity index is 1.59. The highest BCUT2D eigenvalue weighted by molar-refractivity contribution is 9.10. The van der Waals surface area contributed by atoms with Gasteiger partial charge in [0, 0.05) is 34.6 Å². The second-order valence-corrected chi connectivity index (χ2v) is 8.18. The quantitative estimate of drug-likeness (QED) is 0.300. The summed E-state index contributed by atoms with van der Waals surface area (Å²) in [6.45, 7) is 2.88. The van der Waals surface area contributed by atoms with Crippen molar-refractivity contribution in [2.45, 2.75) is 30.8 Å². The summed E-state index contributed by atoms with van der Waals surface area (Å²) in [5, 5.41) is 10.6. The lowest BCUT2D eigenvalue weighted by atomic mass is 10.1. The summed E-state index contributed by atoms with van der Waals surface area (Å²) in [4.78, 5) is 11.9. The maximum Gasteiger partial charge on any atom is 0.336 e. The molecule has 0 aliphatic heterocycles. The number of nitrogens with zero attached hydrogens (tertiary/aromatic N) is 3. The number of halogens is 1. The maximum atomic E-state index is 11.9. The third-order valence-corrected chi connectivity index (χ3v) is 5.97. The Hall–Kier alpha value is -2.38. The Kier molecular flexibility index (Phi) is 5.64. The van der Waals surface area contributed by atoms with Crippen molar-refractivity contribution in [3.8, 4) is 0 Å². The fraction of sp³-hybridized carbons (Fsp3) is 0.190. The smallest absolute Gasteiger partial charge is 0.336 e. The first kappa shape index (κ1) is 19.0. The predicted molar refractivity (Wildman–Crippen MR) is 115 cm³/mol. The molecule has 142 valence electrons. The third-order valence-electron chi connectivity index (χ3n) is 4.46. The van der Waals surface area contributed by atoms with E-state index in [1.54, 1.807) is 17.8 Å². The molecule has 0 spiro atoms. The summed E-state index contributed by atoms with van der Waals surface area (Å²) in [6.07, 6.45) is 0.744. The minimum atomic E-state index is -0.345. The van der Waals surface area contributed by atoms with Crippen LogP contribution in [0.3, 0.4) is 0 Å². The molecule has 28 heavy (non-hydrogen) atoms. The highest BCUT2D eigenvalue weighted by Crippen LogP contribution is 2.28. The topological polar surface area (TPSA) is 60.9 Å². The van der Waals surface area contributed by atoms with Crippen LogP contribution in [0, 0.1) is 0 Å². The first-order valence-corrected chi connectivity index (χ1v) is 10.7. The van der Waals surface area contributed by atoms with Gasteiger partial charge < -0.3 is 8.98 Å². The summed E-state index contributed by atoms with van der Waals surface area (Å²) in [5.74, 6) is 1.56. The first-order chi connectivity index (χ1) is 13.6. The minimum absolute atomic E-state index is 0.345. The molecule has 4 rings (SSSR count). The molecule has 0 saturated heterocycles. The van der Waals surface area contributed by atoms with E-state index in [0.717, 1.165) is 39.4 Å². The Labute approximate surface area is 174 Å². The summed E-state index contributed by atoms with van der Waals surface area (Å²) in [5.41, 5.74) is 2.37. The van der Waals surface area contributed by atoms with Crippen molar-refractivity contribution in [2.75, 3.05) is 0 Å². The lowest BCUT2D eigenvalue weighted by Crippen LogP contribution is -2.04. The Bertz CT molecular complexity index is 1170. The highest BCUT2D eigenvalue weighted by Gasteiger charge is 2.14. The number of hydrogen-bond acceptors (Lipinski definition) is 5. The van der Waals surface area contributed by atoms with Crippen molar-refractivity contribution in [3.05, 3.63) is 86.4 Å². The monoisotopic (exact) mass is 455 g/mol. The van der Waals surface area contributed by atoms with Gasteiger partial charge in [-0.3, -0.25) is 0 Å². The third kappa shape index (κ3) is 4.05. The van der Waals surface area contributed by atoms with E-state index in [9.17, 15) is 4.79 Å². The van der Waals surface area contributed by atoms with Crippen LogP contribution in [-0.4, -0.2) is 14.8 Å². The van der Waals surface area contributed by atoms with Gasteiger partial charge in [0.25, 0.3) is 0 Å². The first-order valence-electron chi connectivity index (χ1n) is 8.95. The summed E-state index contributed by atoms with van der Waals surface area (Å²) in [6, 6.07) is 17.5. The van der Waals surface area contributed by atoms with Crippen molar-refractivity contribution in [1.82, 2.24) is 14.8 Å². The number of aromatic nitrogens is 3. The average Bonchev–Trinajstić information content (AvgIpc) is 3.07. The van der Waals surface area contributed by atoms with Gasteiger partial charge in [-0.1, -0.05) is 58.0 Å². The van der Waals surface area contributed by atoms with Crippen molar-refractivity contribution >= 4 is 38.7 Å². The summed E-state index contributed by atoms with van der Waals surface area (Å²) >= 11 is 5.00. The molecule has 0 bridgehead atoms. The van der Waals surface area contributed by atoms with Gasteiger partial charge >= 0.3 is 5.63 Å². The molecular weight excluding hydrogens is 438 g/mol. The van der Waals surface area contributed by atoms with Crippen LogP contribution in [0.1, 0.15) is 23.9 Å². The lowest BCUT2D eigenvalue weighted by Gasteiger charge is -2.08. The van der Waals surface area contributed by atoms with E-state index >= 15 is 0 Å². The van der Waals surface area contributed by atoms with Crippen LogP contribution < -0.4 is 5.63 Å². The molecule has 0 N–H and O–H groups in total. The van der Waals surface area contributed by atoms with E-state index in [2.05, 4.69) is 49.8 Å². The van der Waals surface area contributed by atoms with Gasteiger partial charge in [0.05, 0.1) is 0 Å². The van der Waals surface area contributed by atoms with E-state index < -0.39 is 0 Å². The number of benzene rings is 2. The van der Waals surface area contributed by atoms with Gasteiger partial charge in [0.1, 0.15) is 11.4 Å². The molecule has 0 fully saturated rings. The fourth-order valence-corrected chi connectivity index (χ4v) is 4.47. The molecule has 7 heteroatoms. The summed E-state index contributed by atoms with van der Waals surface area (Å²) in [7, 11) is 0. The molecular formula is C21H18BrN3O2S. The molecule has 4 aromatic rings. The van der Waals surface area contributed by atoms with Crippen molar-refractivity contribution < 1.29 is 4.42 Å². The standard InChI is InChI=1S/C21H18BrN3O2S/c1-2-25-19(10-14-6-4-3-5-7-14)23-24-21(25)28-13-15-11-20(26)27-18-12-16(22)8-9-17(15)18/h3-9,11-12H,2,10,13H2,1H3. The second-order valence-electron chi connectivity index (χ2n) is 6.33. The van der Waals surface area contributed by atoms with E-state index in [0.29, 0.717) is 11.3 Å². The Morgan fingerprint density at radius 1 is 1.11 bits per heavy atom. The molecule has 0 radical (unpaired) electrons. The van der Waals surface area contributed by atoms with E-state index in [4.69, 9.17) is 4.42 Å². The molecule has 2 aromatic heterocycles. The zero-order valence-electron chi connectivity index (χ0n) is 15.3. The van der Waals surface area contributed by atoms with Crippen molar-refractivity contribution in [1.29, 1.82) is 0 Å². The van der Waals surface area contributed by atoms with Gasteiger partial charge in [-0.15, -0.1) is 10.2 Å². The van der Waals surface area contributed by atoms with Crippen LogP contribution >= 0.6 is 27.7 Å². The molecule has 0 aliphatic rings. The van der Waals surface area contributed by atoms with Crippen LogP contribution in [-0.2, 0) is 18.7 Å². The van der Waals surface area contributed by atoms with E-state index in [1.165, 1.54) is 5.56 Å². The molecule has 2 aromatic carbocycles. The zero-order valence-corrected chi connectivity index (χ0v) is 17.7. The van der Waals surface area contributed by atoms with Crippen LogP contribution in [0.15, 0.2) is 73.4 Å². The van der Waals surface area contributed by atoms with Crippen LogP contribution in [0.2, 0.25) is 0 Å². The Morgan fingerprint density at radius 2 is 1.93 bits per heavy atom. The molecule has 2 heterocycles. The second kappa shape index (κ2) is 8.32. The Morgan fingerprint density at radius 3 is 2.71 bits per heavy atom. The minimum Gasteiger partial charge on any atom is -0.423 e. The molecule has 0 amide bonds. The van der Waals surface area contributed by atoms with Gasteiger partial charge in [-0.25, -0.2) is 4.79 Å². The van der Waals surface area contributed by atoms with Crippen molar-refractivity contribution in [2.24, 2.45) is 0 Å². The van der Waals surface area contributed by atoms with E-state index in [1.807, 2.05) is 36.4 Å². The van der Waals surface area contributed by atoms with Gasteiger partial charge in [0.15, 0.2) is 5.16 Å². The van der Waals surface area contributed by atoms with Gasteiger partial charge in [0.2, 0.25) is 0 Å². The number of thioether (sulfide) groups is 1. The van der Waals surface area contributed by atoms with Gasteiger partial charge in [-0.05, 0) is 36.2 Å². The number of rotatable bonds is 6. The summed E-state index contributed by atoms with van der Waals surface area (Å²) < 4.78 is 8.33. The largest absolute Gasteiger partial charge is 0.423 e. The van der Waals surface area contributed by atoms with E-state index in [-0.39, 0.29) is 5.63 Å². The maximum absolute atomic E-state index is 11.9.